The van der Waals surface area contributed by atoms with E-state index in [4.69, 9.17) is 27.9 Å². The summed E-state index contributed by atoms with van der Waals surface area (Å²) in [5.74, 6) is -0.462. The quantitative estimate of drug-likeness (QED) is 0.588. The molecule has 0 N–H and O–H groups in total. The predicted octanol–water partition coefficient (Wildman–Crippen LogP) is 5.71. The highest BCUT2D eigenvalue weighted by atomic mass is 35.5. The lowest BCUT2D eigenvalue weighted by Crippen LogP contribution is -2.43. The molecule has 1 fully saturated rings. The van der Waals surface area contributed by atoms with E-state index in [2.05, 4.69) is 4.74 Å². The highest BCUT2D eigenvalue weighted by molar-refractivity contribution is 6.42. The van der Waals surface area contributed by atoms with Crippen molar-refractivity contribution in [1.82, 2.24) is 4.90 Å². The Balaban J connectivity index is 1.58. The van der Waals surface area contributed by atoms with Crippen LogP contribution in [-0.4, -0.2) is 36.4 Å². The second-order valence-corrected chi connectivity index (χ2v) is 7.46. The molecule has 0 unspecified atom stereocenters. The lowest BCUT2D eigenvalue weighted by Gasteiger charge is -2.33. The molecule has 0 saturated carbocycles. The molecule has 0 spiro atoms. The Labute approximate surface area is 176 Å². The Morgan fingerprint density at radius 1 is 1.14 bits per heavy atom. The summed E-state index contributed by atoms with van der Waals surface area (Å²) in [6.07, 6.45) is -3.45. The summed E-state index contributed by atoms with van der Waals surface area (Å²) in [5.41, 5.74) is 0.997. The van der Waals surface area contributed by atoms with E-state index in [0.29, 0.717) is 34.3 Å². The van der Waals surface area contributed by atoms with Crippen molar-refractivity contribution in [3.63, 3.8) is 0 Å². The summed E-state index contributed by atoms with van der Waals surface area (Å²) in [6.45, 7) is 1.10. The number of halogens is 5. The standard InChI is InChI=1S/C20H18Cl2F3NO3/c21-17-7-6-14(10-18(17)22)19(27)26-8-2-5-16(11-26)28-12-13-3-1-4-15(9-13)29-20(23,24)25/h1,3-4,6-7,9-10,16H,2,5,8,11-12H2/t16-/m0/s1. The second kappa shape index (κ2) is 9.24. The van der Waals surface area contributed by atoms with E-state index in [9.17, 15) is 18.0 Å². The van der Waals surface area contributed by atoms with Crippen LogP contribution in [0.4, 0.5) is 13.2 Å². The highest BCUT2D eigenvalue weighted by Gasteiger charge is 2.31. The molecule has 3 rings (SSSR count). The van der Waals surface area contributed by atoms with E-state index in [1.807, 2.05) is 0 Å². The van der Waals surface area contributed by atoms with E-state index in [0.717, 1.165) is 12.8 Å². The van der Waals surface area contributed by atoms with Crippen LogP contribution in [-0.2, 0) is 11.3 Å². The summed E-state index contributed by atoms with van der Waals surface area (Å²) in [6, 6.07) is 10.4. The number of likely N-dealkylation sites (tertiary alicyclic amines) is 1. The molecule has 9 heteroatoms. The minimum atomic E-state index is -4.74. The molecule has 0 aromatic heterocycles. The average molecular weight is 448 g/mol. The van der Waals surface area contributed by atoms with Gasteiger partial charge in [0.05, 0.1) is 22.8 Å². The third-order valence-corrected chi connectivity index (χ3v) is 5.19. The van der Waals surface area contributed by atoms with Crippen LogP contribution in [0, 0.1) is 0 Å². The van der Waals surface area contributed by atoms with Crippen LogP contribution in [0.3, 0.4) is 0 Å². The van der Waals surface area contributed by atoms with Crippen molar-refractivity contribution in [1.29, 1.82) is 0 Å². The van der Waals surface area contributed by atoms with Gasteiger partial charge in [-0.25, -0.2) is 0 Å². The highest BCUT2D eigenvalue weighted by Crippen LogP contribution is 2.26. The largest absolute Gasteiger partial charge is 0.573 e. The number of piperidine rings is 1. The van der Waals surface area contributed by atoms with Crippen LogP contribution in [0.25, 0.3) is 0 Å². The van der Waals surface area contributed by atoms with E-state index < -0.39 is 6.36 Å². The molecule has 0 aliphatic carbocycles. The lowest BCUT2D eigenvalue weighted by atomic mass is 10.1. The SMILES string of the molecule is O=C(c1ccc(Cl)c(Cl)c1)N1CCC[C@H](OCc2cccc(OC(F)(F)F)c2)C1. The fraction of sp³-hybridized carbons (Fsp3) is 0.350. The topological polar surface area (TPSA) is 38.8 Å². The summed E-state index contributed by atoms with van der Waals surface area (Å²) in [4.78, 5) is 14.4. The Morgan fingerprint density at radius 2 is 1.93 bits per heavy atom. The van der Waals surface area contributed by atoms with Gasteiger partial charge in [-0.15, -0.1) is 13.2 Å². The molecule has 0 radical (unpaired) electrons. The van der Waals surface area contributed by atoms with Gasteiger partial charge in [-0.3, -0.25) is 4.79 Å². The van der Waals surface area contributed by atoms with Crippen molar-refractivity contribution < 1.29 is 27.4 Å². The number of rotatable bonds is 5. The van der Waals surface area contributed by atoms with Gasteiger partial charge in [0.2, 0.25) is 0 Å². The third kappa shape index (κ3) is 6.26. The molecule has 1 heterocycles. The average Bonchev–Trinajstić information content (AvgIpc) is 2.67. The maximum Gasteiger partial charge on any atom is 0.573 e. The Kier molecular flexibility index (Phi) is 6.93. The van der Waals surface area contributed by atoms with E-state index >= 15 is 0 Å². The molecule has 1 aliphatic heterocycles. The van der Waals surface area contributed by atoms with Gasteiger partial charge < -0.3 is 14.4 Å². The number of carbonyl (C=O) groups excluding carboxylic acids is 1. The molecular formula is C20H18Cl2F3NO3. The van der Waals surface area contributed by atoms with E-state index in [1.165, 1.54) is 24.3 Å². The van der Waals surface area contributed by atoms with Gasteiger partial charge in [0.15, 0.2) is 0 Å². The molecule has 1 saturated heterocycles. The van der Waals surface area contributed by atoms with Crippen molar-refractivity contribution in [2.75, 3.05) is 13.1 Å². The lowest BCUT2D eigenvalue weighted by molar-refractivity contribution is -0.274. The van der Waals surface area contributed by atoms with Gasteiger partial charge in [0.25, 0.3) is 5.91 Å². The molecule has 0 bridgehead atoms. The maximum absolute atomic E-state index is 12.7. The number of hydrogen-bond donors (Lipinski definition) is 0. The Hall–Kier alpha value is -1.96. The predicted molar refractivity (Wildman–Crippen MR) is 103 cm³/mol. The van der Waals surface area contributed by atoms with Gasteiger partial charge in [-0.1, -0.05) is 35.3 Å². The van der Waals surface area contributed by atoms with Crippen molar-refractivity contribution in [2.45, 2.75) is 31.9 Å². The molecule has 1 aliphatic rings. The van der Waals surface area contributed by atoms with Crippen LogP contribution in [0.1, 0.15) is 28.8 Å². The summed E-state index contributed by atoms with van der Waals surface area (Å²) in [5, 5.41) is 0.683. The molecule has 1 amide bonds. The molecule has 29 heavy (non-hydrogen) atoms. The maximum atomic E-state index is 12.7. The summed E-state index contributed by atoms with van der Waals surface area (Å²) < 4.78 is 46.8. The molecular weight excluding hydrogens is 430 g/mol. The number of alkyl halides is 3. The zero-order chi connectivity index (χ0) is 21.0. The second-order valence-electron chi connectivity index (χ2n) is 6.65. The van der Waals surface area contributed by atoms with E-state index in [1.54, 1.807) is 23.1 Å². The number of nitrogens with zero attached hydrogens (tertiary/aromatic N) is 1. The minimum absolute atomic E-state index is 0.120. The zero-order valence-electron chi connectivity index (χ0n) is 15.2. The number of benzene rings is 2. The molecule has 1 atom stereocenters. The summed E-state index contributed by atoms with van der Waals surface area (Å²) in [7, 11) is 0. The first-order chi connectivity index (χ1) is 13.7. The van der Waals surface area contributed by atoms with Crippen molar-refractivity contribution >= 4 is 29.1 Å². The molecule has 156 valence electrons. The van der Waals surface area contributed by atoms with Gasteiger partial charge >= 0.3 is 6.36 Å². The normalized spacial score (nSPS) is 17.3. The first kappa shape index (κ1) is 21.7. The minimum Gasteiger partial charge on any atom is -0.406 e. The van der Waals surface area contributed by atoms with Gasteiger partial charge in [-0.05, 0) is 48.7 Å². The fourth-order valence-electron chi connectivity index (χ4n) is 3.12. The van der Waals surface area contributed by atoms with Crippen LogP contribution < -0.4 is 4.74 Å². The zero-order valence-corrected chi connectivity index (χ0v) is 16.7. The molecule has 2 aromatic carbocycles. The van der Waals surface area contributed by atoms with Gasteiger partial charge in [-0.2, -0.15) is 0 Å². The fourth-order valence-corrected chi connectivity index (χ4v) is 3.41. The number of ether oxygens (including phenoxy) is 2. The monoisotopic (exact) mass is 447 g/mol. The first-order valence-electron chi connectivity index (χ1n) is 8.92. The number of carbonyl (C=O) groups is 1. The van der Waals surface area contributed by atoms with Crippen molar-refractivity contribution in [2.24, 2.45) is 0 Å². The van der Waals surface area contributed by atoms with Crippen molar-refractivity contribution in [3.8, 4) is 5.75 Å². The van der Waals surface area contributed by atoms with Gasteiger partial charge in [0, 0.05) is 18.7 Å². The van der Waals surface area contributed by atoms with E-state index in [-0.39, 0.29) is 24.4 Å². The summed E-state index contributed by atoms with van der Waals surface area (Å²) >= 11 is 11.9. The number of hydrogen-bond acceptors (Lipinski definition) is 3. The smallest absolute Gasteiger partial charge is 0.406 e. The van der Waals surface area contributed by atoms with Crippen molar-refractivity contribution in [3.05, 3.63) is 63.6 Å². The van der Waals surface area contributed by atoms with Crippen LogP contribution >= 0.6 is 23.2 Å². The number of amides is 1. The van der Waals surface area contributed by atoms with Crippen LogP contribution in [0.15, 0.2) is 42.5 Å². The Morgan fingerprint density at radius 3 is 2.66 bits per heavy atom. The Bertz CT molecular complexity index is 876. The third-order valence-electron chi connectivity index (χ3n) is 4.45. The molecule has 4 nitrogen and oxygen atoms in total. The first-order valence-corrected chi connectivity index (χ1v) is 9.67. The van der Waals surface area contributed by atoms with Crippen LogP contribution in [0.2, 0.25) is 10.0 Å². The van der Waals surface area contributed by atoms with Gasteiger partial charge in [0.1, 0.15) is 5.75 Å². The van der Waals surface area contributed by atoms with Crippen LogP contribution in [0.5, 0.6) is 5.75 Å². The molecule has 2 aromatic rings.